The first-order chi connectivity index (χ1) is 31.0. The van der Waals surface area contributed by atoms with Gasteiger partial charge in [0.15, 0.2) is 6.10 Å². The zero-order chi connectivity index (χ0) is 45.8. The van der Waals surface area contributed by atoms with Gasteiger partial charge in [0, 0.05) is 19.3 Å². The molecule has 63 heavy (non-hydrogen) atoms. The van der Waals surface area contributed by atoms with Gasteiger partial charge in [-0.05, 0) is 57.8 Å². The largest absolute Gasteiger partial charge is 0.462 e. The number of esters is 3. The van der Waals surface area contributed by atoms with Crippen LogP contribution in [0.2, 0.25) is 0 Å². The Morgan fingerprint density at radius 1 is 0.333 bits per heavy atom. The summed E-state index contributed by atoms with van der Waals surface area (Å²) in [5.74, 6) is -0.994. The molecule has 0 saturated heterocycles. The Balaban J connectivity index is 4.48. The fourth-order valence-corrected chi connectivity index (χ4v) is 7.11. The van der Waals surface area contributed by atoms with Crippen molar-refractivity contribution in [2.75, 3.05) is 13.2 Å². The molecule has 6 nitrogen and oxygen atoms in total. The maximum atomic E-state index is 12.8. The van der Waals surface area contributed by atoms with Gasteiger partial charge in [-0.3, -0.25) is 14.4 Å². The predicted octanol–water partition coefficient (Wildman–Crippen LogP) is 17.2. The van der Waals surface area contributed by atoms with Crippen LogP contribution in [0.4, 0.5) is 0 Å². The second-order valence-electron chi connectivity index (χ2n) is 17.2. The summed E-state index contributed by atoms with van der Waals surface area (Å²) in [5, 5.41) is 0. The first kappa shape index (κ1) is 59.6. The Morgan fingerprint density at radius 3 is 1.05 bits per heavy atom. The zero-order valence-electron chi connectivity index (χ0n) is 41.1. The standard InChI is InChI=1S/C57H96O6/c1-4-7-10-13-16-19-22-25-27-28-29-30-33-35-38-41-44-47-50-56(59)62-53-54(52-61-55(58)49-46-43-40-37-34-31-24-21-18-15-12-9-6-3)63-57(60)51-48-45-42-39-36-32-26-23-20-17-14-11-8-5-2/h9,12,15,18,21,24,27-31,34,37,40,54H,4-8,10-11,13-14,16-17,19-20,22-23,25-26,32-33,35-36,38-39,41-53H2,1-3H3/b12-9-,18-15-,24-21-,28-27-,30-29-,34-31-,40-37-. The van der Waals surface area contributed by atoms with Gasteiger partial charge >= 0.3 is 17.9 Å². The van der Waals surface area contributed by atoms with Crippen molar-refractivity contribution in [1.29, 1.82) is 0 Å². The van der Waals surface area contributed by atoms with Crippen LogP contribution in [-0.4, -0.2) is 37.2 Å². The van der Waals surface area contributed by atoms with Crippen LogP contribution in [0.3, 0.4) is 0 Å². The number of carbonyl (C=O) groups excluding carboxylic acids is 3. The van der Waals surface area contributed by atoms with Crippen molar-refractivity contribution in [3.8, 4) is 0 Å². The lowest BCUT2D eigenvalue weighted by atomic mass is 10.0. The Kier molecular flexibility index (Phi) is 48.5. The summed E-state index contributed by atoms with van der Waals surface area (Å²) in [6.45, 7) is 6.41. The summed E-state index contributed by atoms with van der Waals surface area (Å²) in [6, 6.07) is 0. The molecule has 0 fully saturated rings. The van der Waals surface area contributed by atoms with Crippen molar-refractivity contribution in [2.24, 2.45) is 0 Å². The van der Waals surface area contributed by atoms with Gasteiger partial charge in [-0.2, -0.15) is 0 Å². The molecule has 0 bridgehead atoms. The van der Waals surface area contributed by atoms with E-state index in [1.807, 2.05) is 54.7 Å². The van der Waals surface area contributed by atoms with E-state index in [0.717, 1.165) is 70.6 Å². The molecule has 0 aliphatic rings. The fraction of sp³-hybridized carbons (Fsp3) is 0.702. The molecule has 1 atom stereocenters. The lowest BCUT2D eigenvalue weighted by Gasteiger charge is -2.18. The summed E-state index contributed by atoms with van der Waals surface area (Å²) < 4.78 is 16.7. The first-order valence-corrected chi connectivity index (χ1v) is 26.2. The van der Waals surface area contributed by atoms with Gasteiger partial charge in [-0.25, -0.2) is 0 Å². The van der Waals surface area contributed by atoms with Crippen LogP contribution in [0, 0.1) is 0 Å². The van der Waals surface area contributed by atoms with Crippen molar-refractivity contribution in [2.45, 2.75) is 245 Å². The molecule has 0 aromatic heterocycles. The lowest BCUT2D eigenvalue weighted by Crippen LogP contribution is -2.30. The Morgan fingerprint density at radius 2 is 0.635 bits per heavy atom. The Labute approximate surface area is 388 Å². The SMILES string of the molecule is CC\C=C/C=C\C=C/C=C\C=C/CCCC(=O)OCC(COC(=O)CCCCCCC/C=C\C=C/CCCCCCCCC)OC(=O)CCCCCCCCCCCCCCCC. The van der Waals surface area contributed by atoms with Crippen LogP contribution in [0.15, 0.2) is 85.1 Å². The molecule has 0 heterocycles. The molecule has 0 amide bonds. The second kappa shape index (κ2) is 51.2. The third-order valence-electron chi connectivity index (χ3n) is 11.0. The van der Waals surface area contributed by atoms with Crippen molar-refractivity contribution in [3.05, 3.63) is 85.1 Å². The van der Waals surface area contributed by atoms with Crippen molar-refractivity contribution >= 4 is 17.9 Å². The quantitative estimate of drug-likeness (QED) is 0.0262. The maximum absolute atomic E-state index is 12.8. The van der Waals surface area contributed by atoms with Crippen LogP contribution >= 0.6 is 0 Å². The van der Waals surface area contributed by atoms with E-state index in [1.165, 1.54) is 122 Å². The highest BCUT2D eigenvalue weighted by atomic mass is 16.6. The van der Waals surface area contributed by atoms with E-state index in [9.17, 15) is 14.4 Å². The molecule has 0 aliphatic carbocycles. The molecule has 6 heteroatoms. The highest BCUT2D eigenvalue weighted by Gasteiger charge is 2.19. The molecule has 0 rings (SSSR count). The van der Waals surface area contributed by atoms with Crippen LogP contribution in [-0.2, 0) is 28.6 Å². The third-order valence-corrected chi connectivity index (χ3v) is 11.0. The fourth-order valence-electron chi connectivity index (χ4n) is 7.11. The van der Waals surface area contributed by atoms with E-state index in [-0.39, 0.29) is 37.5 Å². The molecule has 0 aromatic carbocycles. The molecule has 0 spiro atoms. The van der Waals surface area contributed by atoms with Gasteiger partial charge in [-0.1, -0.05) is 247 Å². The Hall–Kier alpha value is -3.41. The third kappa shape index (κ3) is 49.5. The molecular weight excluding hydrogens is 781 g/mol. The van der Waals surface area contributed by atoms with Gasteiger partial charge < -0.3 is 14.2 Å². The monoisotopic (exact) mass is 877 g/mol. The van der Waals surface area contributed by atoms with E-state index in [0.29, 0.717) is 19.3 Å². The minimum atomic E-state index is -0.809. The average Bonchev–Trinajstić information content (AvgIpc) is 3.28. The number of unbranched alkanes of at least 4 members (excludes halogenated alkanes) is 26. The van der Waals surface area contributed by atoms with Crippen LogP contribution in [0.5, 0.6) is 0 Å². The van der Waals surface area contributed by atoms with Gasteiger partial charge in [0.1, 0.15) is 13.2 Å². The molecule has 0 N–H and O–H groups in total. The summed E-state index contributed by atoms with van der Waals surface area (Å²) in [4.78, 5) is 37.9. The molecule has 1 unspecified atom stereocenters. The number of hydrogen-bond donors (Lipinski definition) is 0. The molecule has 0 aliphatic heterocycles. The highest BCUT2D eigenvalue weighted by molar-refractivity contribution is 5.71. The predicted molar refractivity (Wildman–Crippen MR) is 270 cm³/mol. The van der Waals surface area contributed by atoms with Crippen LogP contribution in [0.25, 0.3) is 0 Å². The summed E-state index contributed by atoms with van der Waals surface area (Å²) in [6.07, 6.45) is 65.7. The topological polar surface area (TPSA) is 78.9 Å². The molecule has 360 valence electrons. The van der Waals surface area contributed by atoms with E-state index >= 15 is 0 Å². The lowest BCUT2D eigenvalue weighted by molar-refractivity contribution is -0.167. The molecule has 0 aromatic rings. The summed E-state index contributed by atoms with van der Waals surface area (Å²) >= 11 is 0. The number of hydrogen-bond acceptors (Lipinski definition) is 6. The smallest absolute Gasteiger partial charge is 0.306 e. The normalized spacial score (nSPS) is 12.7. The van der Waals surface area contributed by atoms with E-state index < -0.39 is 6.10 Å². The minimum absolute atomic E-state index is 0.106. The zero-order valence-corrected chi connectivity index (χ0v) is 41.1. The summed E-state index contributed by atoms with van der Waals surface area (Å²) in [5.41, 5.74) is 0. The van der Waals surface area contributed by atoms with Crippen molar-refractivity contribution < 1.29 is 28.6 Å². The van der Waals surface area contributed by atoms with Gasteiger partial charge in [0.25, 0.3) is 0 Å². The molecule has 0 radical (unpaired) electrons. The van der Waals surface area contributed by atoms with Crippen LogP contribution < -0.4 is 0 Å². The van der Waals surface area contributed by atoms with E-state index in [1.54, 1.807) is 0 Å². The maximum Gasteiger partial charge on any atom is 0.306 e. The number of rotatable bonds is 46. The minimum Gasteiger partial charge on any atom is -0.462 e. The van der Waals surface area contributed by atoms with Crippen molar-refractivity contribution in [3.63, 3.8) is 0 Å². The number of ether oxygens (including phenoxy) is 3. The second-order valence-corrected chi connectivity index (χ2v) is 17.2. The van der Waals surface area contributed by atoms with E-state index in [2.05, 4.69) is 51.2 Å². The summed E-state index contributed by atoms with van der Waals surface area (Å²) in [7, 11) is 0. The first-order valence-electron chi connectivity index (χ1n) is 26.2. The molecular formula is C57H96O6. The van der Waals surface area contributed by atoms with Crippen LogP contribution in [0.1, 0.15) is 239 Å². The highest BCUT2D eigenvalue weighted by Crippen LogP contribution is 2.15. The van der Waals surface area contributed by atoms with Gasteiger partial charge in [-0.15, -0.1) is 0 Å². The van der Waals surface area contributed by atoms with Gasteiger partial charge in [0.2, 0.25) is 0 Å². The average molecular weight is 877 g/mol. The molecule has 0 saturated carbocycles. The van der Waals surface area contributed by atoms with E-state index in [4.69, 9.17) is 14.2 Å². The number of allylic oxidation sites excluding steroid dienone is 14. The number of carbonyl (C=O) groups is 3. The van der Waals surface area contributed by atoms with Crippen molar-refractivity contribution in [1.82, 2.24) is 0 Å². The Bertz CT molecular complexity index is 1240. The van der Waals surface area contributed by atoms with Gasteiger partial charge in [0.05, 0.1) is 0 Å².